The van der Waals surface area contributed by atoms with Gasteiger partial charge in [0.25, 0.3) is 0 Å². The molecule has 1 N–H and O–H groups in total. The highest BCUT2D eigenvalue weighted by Crippen LogP contribution is 2.28. The standard InChI is InChI=1S/C19H23NO2S/c1-14(17-9-5-6-15(12-17)13-23)22-19-18(20-10-11-21-19)16-7-3-2-4-8-16/h2-9,12,14,18-20,23H,10-11,13H2,1H3/t14-,18?,19?/m1/s1. The predicted octanol–water partition coefficient (Wildman–Crippen LogP) is 3.88. The number of thiol groups is 1. The van der Waals surface area contributed by atoms with E-state index in [1.807, 2.05) is 18.2 Å². The maximum Gasteiger partial charge on any atom is 0.177 e. The topological polar surface area (TPSA) is 30.5 Å². The van der Waals surface area contributed by atoms with E-state index in [1.54, 1.807) is 0 Å². The minimum absolute atomic E-state index is 0.0362. The molecule has 2 unspecified atom stereocenters. The summed E-state index contributed by atoms with van der Waals surface area (Å²) in [6, 6.07) is 18.7. The summed E-state index contributed by atoms with van der Waals surface area (Å²) in [5, 5.41) is 3.50. The molecular formula is C19H23NO2S. The second-order valence-electron chi connectivity index (χ2n) is 5.76. The van der Waals surface area contributed by atoms with Gasteiger partial charge < -0.3 is 14.8 Å². The van der Waals surface area contributed by atoms with E-state index in [-0.39, 0.29) is 18.4 Å². The van der Waals surface area contributed by atoms with Crippen molar-refractivity contribution in [2.45, 2.75) is 31.1 Å². The van der Waals surface area contributed by atoms with Crippen molar-refractivity contribution in [2.75, 3.05) is 13.2 Å². The van der Waals surface area contributed by atoms with Crippen LogP contribution in [0.2, 0.25) is 0 Å². The number of nitrogens with one attached hydrogen (secondary N) is 1. The number of rotatable bonds is 5. The fourth-order valence-electron chi connectivity index (χ4n) is 2.86. The van der Waals surface area contributed by atoms with E-state index in [0.717, 1.165) is 17.9 Å². The zero-order valence-electron chi connectivity index (χ0n) is 13.3. The Labute approximate surface area is 143 Å². The molecule has 0 aliphatic carbocycles. The molecule has 23 heavy (non-hydrogen) atoms. The molecule has 1 aliphatic rings. The normalized spacial score (nSPS) is 22.7. The first kappa shape index (κ1) is 16.5. The van der Waals surface area contributed by atoms with Gasteiger partial charge in [0.15, 0.2) is 6.29 Å². The van der Waals surface area contributed by atoms with Crippen LogP contribution in [-0.4, -0.2) is 19.4 Å². The van der Waals surface area contributed by atoms with Gasteiger partial charge in [0.05, 0.1) is 18.8 Å². The van der Waals surface area contributed by atoms with Gasteiger partial charge in [0.1, 0.15) is 0 Å². The summed E-state index contributed by atoms with van der Waals surface area (Å²) in [7, 11) is 0. The van der Waals surface area contributed by atoms with Crippen LogP contribution in [0.3, 0.4) is 0 Å². The molecule has 2 aromatic carbocycles. The van der Waals surface area contributed by atoms with Gasteiger partial charge in [0, 0.05) is 12.3 Å². The summed E-state index contributed by atoms with van der Waals surface area (Å²) in [4.78, 5) is 0. The van der Waals surface area contributed by atoms with Gasteiger partial charge in [-0.25, -0.2) is 0 Å². The molecule has 0 saturated carbocycles. The number of hydrogen-bond donors (Lipinski definition) is 2. The van der Waals surface area contributed by atoms with E-state index in [4.69, 9.17) is 9.47 Å². The zero-order chi connectivity index (χ0) is 16.1. The van der Waals surface area contributed by atoms with Gasteiger partial charge in [-0.2, -0.15) is 12.6 Å². The minimum Gasteiger partial charge on any atom is -0.349 e. The van der Waals surface area contributed by atoms with Gasteiger partial charge in [0.2, 0.25) is 0 Å². The van der Waals surface area contributed by atoms with Crippen LogP contribution in [0.5, 0.6) is 0 Å². The van der Waals surface area contributed by atoms with E-state index in [1.165, 1.54) is 11.1 Å². The van der Waals surface area contributed by atoms with Crippen molar-refractivity contribution in [1.29, 1.82) is 0 Å². The summed E-state index contributed by atoms with van der Waals surface area (Å²) in [5.74, 6) is 0.731. The fourth-order valence-corrected chi connectivity index (χ4v) is 3.06. The van der Waals surface area contributed by atoms with Crippen molar-refractivity contribution in [3.8, 4) is 0 Å². The lowest BCUT2D eigenvalue weighted by Gasteiger charge is -2.34. The average molecular weight is 329 g/mol. The fraction of sp³-hybridized carbons (Fsp3) is 0.368. The van der Waals surface area contributed by atoms with Crippen LogP contribution in [0.25, 0.3) is 0 Å². The van der Waals surface area contributed by atoms with Crippen LogP contribution in [0.1, 0.15) is 35.8 Å². The first-order valence-corrected chi connectivity index (χ1v) is 8.66. The van der Waals surface area contributed by atoms with Gasteiger partial charge >= 0.3 is 0 Å². The highest BCUT2D eigenvalue weighted by atomic mass is 32.1. The molecule has 1 fully saturated rings. The predicted molar refractivity (Wildman–Crippen MR) is 95.6 cm³/mol. The van der Waals surface area contributed by atoms with Crippen LogP contribution in [0, 0.1) is 0 Å². The number of morpholine rings is 1. The Balaban J connectivity index is 1.73. The van der Waals surface area contributed by atoms with E-state index < -0.39 is 0 Å². The van der Waals surface area contributed by atoms with Gasteiger partial charge in [-0.05, 0) is 23.6 Å². The van der Waals surface area contributed by atoms with Gasteiger partial charge in [-0.15, -0.1) is 0 Å². The molecule has 0 amide bonds. The Morgan fingerprint density at radius 3 is 2.83 bits per heavy atom. The molecule has 3 nitrogen and oxygen atoms in total. The third-order valence-electron chi connectivity index (χ3n) is 4.12. The van der Waals surface area contributed by atoms with Gasteiger partial charge in [-0.1, -0.05) is 54.6 Å². The second kappa shape index (κ2) is 7.97. The molecule has 4 heteroatoms. The molecule has 0 aromatic heterocycles. The molecule has 122 valence electrons. The summed E-state index contributed by atoms with van der Waals surface area (Å²) in [6.07, 6.45) is -0.327. The average Bonchev–Trinajstić information content (AvgIpc) is 2.63. The maximum absolute atomic E-state index is 6.23. The highest BCUT2D eigenvalue weighted by molar-refractivity contribution is 7.79. The molecule has 0 spiro atoms. The van der Waals surface area contributed by atoms with Crippen molar-refractivity contribution in [3.05, 3.63) is 71.3 Å². The molecule has 3 rings (SSSR count). The monoisotopic (exact) mass is 329 g/mol. The number of ether oxygens (including phenoxy) is 2. The van der Waals surface area contributed by atoms with Crippen LogP contribution in [0.4, 0.5) is 0 Å². The lowest BCUT2D eigenvalue weighted by atomic mass is 10.0. The first-order chi connectivity index (χ1) is 11.3. The molecule has 1 saturated heterocycles. The minimum atomic E-state index is -0.291. The third kappa shape index (κ3) is 4.15. The Bertz CT molecular complexity index is 620. The van der Waals surface area contributed by atoms with E-state index in [2.05, 4.69) is 61.3 Å². The Kier molecular flexibility index (Phi) is 5.73. The van der Waals surface area contributed by atoms with Crippen LogP contribution < -0.4 is 5.32 Å². The maximum atomic E-state index is 6.23. The van der Waals surface area contributed by atoms with E-state index >= 15 is 0 Å². The van der Waals surface area contributed by atoms with Crippen LogP contribution >= 0.6 is 12.6 Å². The molecule has 2 aromatic rings. The lowest BCUT2D eigenvalue weighted by molar-refractivity contribution is -0.200. The Morgan fingerprint density at radius 1 is 1.22 bits per heavy atom. The van der Waals surface area contributed by atoms with Crippen molar-refractivity contribution >= 4 is 12.6 Å². The van der Waals surface area contributed by atoms with Gasteiger partial charge in [-0.3, -0.25) is 0 Å². The zero-order valence-corrected chi connectivity index (χ0v) is 14.2. The number of benzene rings is 2. The Hall–Kier alpha value is -1.33. The molecule has 1 aliphatic heterocycles. The van der Waals surface area contributed by atoms with Crippen molar-refractivity contribution in [2.24, 2.45) is 0 Å². The SMILES string of the molecule is C[C@@H](OC1OCCNC1c1ccccc1)c1cccc(CS)c1. The van der Waals surface area contributed by atoms with E-state index in [0.29, 0.717) is 6.61 Å². The van der Waals surface area contributed by atoms with Crippen LogP contribution in [-0.2, 0) is 15.2 Å². The van der Waals surface area contributed by atoms with Crippen molar-refractivity contribution < 1.29 is 9.47 Å². The highest BCUT2D eigenvalue weighted by Gasteiger charge is 2.29. The lowest BCUT2D eigenvalue weighted by Crippen LogP contribution is -2.43. The number of hydrogen-bond acceptors (Lipinski definition) is 4. The van der Waals surface area contributed by atoms with Crippen LogP contribution in [0.15, 0.2) is 54.6 Å². The molecular weight excluding hydrogens is 306 g/mol. The molecule has 0 radical (unpaired) electrons. The summed E-state index contributed by atoms with van der Waals surface area (Å²) >= 11 is 4.34. The molecule has 0 bridgehead atoms. The smallest absolute Gasteiger partial charge is 0.177 e. The van der Waals surface area contributed by atoms with Crippen molar-refractivity contribution in [3.63, 3.8) is 0 Å². The molecule has 1 heterocycles. The van der Waals surface area contributed by atoms with E-state index in [9.17, 15) is 0 Å². The first-order valence-electron chi connectivity index (χ1n) is 8.03. The summed E-state index contributed by atoms with van der Waals surface area (Å²) in [5.41, 5.74) is 3.54. The van der Waals surface area contributed by atoms with Crippen molar-refractivity contribution in [1.82, 2.24) is 5.32 Å². The largest absolute Gasteiger partial charge is 0.349 e. The quantitative estimate of drug-likeness (QED) is 0.816. The Morgan fingerprint density at radius 2 is 2.04 bits per heavy atom. The summed E-state index contributed by atoms with van der Waals surface area (Å²) < 4.78 is 12.1. The molecule has 3 atom stereocenters. The third-order valence-corrected chi connectivity index (χ3v) is 4.49. The summed E-state index contributed by atoms with van der Waals surface area (Å²) in [6.45, 7) is 3.57. The second-order valence-corrected chi connectivity index (χ2v) is 6.08.